The van der Waals surface area contributed by atoms with E-state index in [-0.39, 0.29) is 16.1 Å². The van der Waals surface area contributed by atoms with Crippen molar-refractivity contribution in [3.63, 3.8) is 0 Å². The number of H-pyrrole nitrogens is 1. The van der Waals surface area contributed by atoms with Gasteiger partial charge in [-0.2, -0.15) is 0 Å². The fraction of sp³-hybridized carbons (Fsp3) is 0. The zero-order chi connectivity index (χ0) is 10.3. The fourth-order valence-electron chi connectivity index (χ4n) is 1.06. The van der Waals surface area contributed by atoms with Gasteiger partial charge in [-0.15, -0.1) is 0 Å². The van der Waals surface area contributed by atoms with Crippen LogP contribution in [0.5, 0.6) is 0 Å². The van der Waals surface area contributed by atoms with Gasteiger partial charge in [-0.3, -0.25) is 4.79 Å². The Morgan fingerprint density at radius 2 is 2.07 bits per heavy atom. The molecule has 0 aromatic carbocycles. The van der Waals surface area contributed by atoms with Crippen LogP contribution in [-0.2, 0) is 0 Å². The molecule has 72 valence electrons. The zero-order valence-corrected chi connectivity index (χ0v) is 8.78. The Hall–Kier alpha value is -0.840. The molecule has 2 aromatic rings. The summed E-state index contributed by atoms with van der Waals surface area (Å²) in [7, 11) is 0. The number of carbonyl (C=O) groups is 1. The van der Waals surface area contributed by atoms with E-state index in [0.29, 0.717) is 11.0 Å². The van der Waals surface area contributed by atoms with Crippen LogP contribution in [0.4, 0.5) is 0 Å². The number of carbonyl (C=O) groups excluding carboxylic acids is 1. The highest BCUT2D eigenvalue weighted by Gasteiger charge is 2.11. The molecule has 0 aliphatic heterocycles. The second-order valence-corrected chi connectivity index (χ2v) is 3.54. The van der Waals surface area contributed by atoms with Crippen molar-refractivity contribution in [2.24, 2.45) is 0 Å². The van der Waals surface area contributed by atoms with E-state index in [2.05, 4.69) is 15.0 Å². The molecule has 1 N–H and O–H groups in total. The molecular weight excluding hydrogens is 248 g/mol. The molecule has 14 heavy (non-hydrogen) atoms. The highest BCUT2D eigenvalue weighted by atomic mass is 35.5. The molecule has 0 saturated heterocycles. The second-order valence-electron chi connectivity index (χ2n) is 2.50. The first-order valence-corrected chi connectivity index (χ1v) is 4.63. The topological polar surface area (TPSA) is 58.6 Å². The van der Waals surface area contributed by atoms with Crippen molar-refractivity contribution in [1.82, 2.24) is 15.0 Å². The number of nitrogens with zero attached hydrogens (tertiary/aromatic N) is 2. The molecule has 0 aliphatic rings. The third-order valence-corrected chi connectivity index (χ3v) is 2.26. The average molecular weight is 250 g/mol. The van der Waals surface area contributed by atoms with Crippen molar-refractivity contribution in [2.75, 3.05) is 0 Å². The van der Waals surface area contributed by atoms with Crippen LogP contribution in [0.25, 0.3) is 11.0 Å². The lowest BCUT2D eigenvalue weighted by atomic mass is 10.4. The standard InChI is InChI=1S/C7H2Cl3N3O/c8-5-4-2(12-7(10)13-5)1-3(11-4)6(9)14/h1,11H. The molecule has 0 bridgehead atoms. The first-order valence-electron chi connectivity index (χ1n) is 3.49. The Morgan fingerprint density at radius 3 is 2.71 bits per heavy atom. The summed E-state index contributed by atoms with van der Waals surface area (Å²) in [6.45, 7) is 0. The summed E-state index contributed by atoms with van der Waals surface area (Å²) in [5.74, 6) is 0. The smallest absolute Gasteiger partial charge is 0.268 e. The minimum Gasteiger partial charge on any atom is -0.347 e. The Kier molecular flexibility index (Phi) is 2.34. The largest absolute Gasteiger partial charge is 0.347 e. The van der Waals surface area contributed by atoms with E-state index in [1.165, 1.54) is 6.07 Å². The van der Waals surface area contributed by atoms with Crippen molar-refractivity contribution >= 4 is 51.1 Å². The van der Waals surface area contributed by atoms with E-state index in [1.807, 2.05) is 0 Å². The number of aromatic nitrogens is 3. The van der Waals surface area contributed by atoms with E-state index >= 15 is 0 Å². The molecule has 7 heteroatoms. The zero-order valence-electron chi connectivity index (χ0n) is 6.51. The second kappa shape index (κ2) is 3.38. The lowest BCUT2D eigenvalue weighted by Gasteiger charge is -1.92. The Morgan fingerprint density at radius 1 is 1.36 bits per heavy atom. The quantitative estimate of drug-likeness (QED) is 0.481. The van der Waals surface area contributed by atoms with Crippen LogP contribution in [0.15, 0.2) is 6.07 Å². The average Bonchev–Trinajstić information content (AvgIpc) is 2.47. The summed E-state index contributed by atoms with van der Waals surface area (Å²) in [4.78, 5) is 21.1. The van der Waals surface area contributed by atoms with Gasteiger partial charge in [-0.1, -0.05) is 11.6 Å². The third kappa shape index (κ3) is 1.56. The molecule has 0 aliphatic carbocycles. The molecule has 4 nitrogen and oxygen atoms in total. The maximum Gasteiger partial charge on any atom is 0.268 e. The van der Waals surface area contributed by atoms with E-state index in [1.54, 1.807) is 0 Å². The number of hydrogen-bond acceptors (Lipinski definition) is 3. The molecule has 2 rings (SSSR count). The minimum absolute atomic E-state index is 0.0232. The van der Waals surface area contributed by atoms with Crippen molar-refractivity contribution in [3.05, 3.63) is 22.2 Å². The number of rotatable bonds is 1. The molecule has 0 amide bonds. The number of aromatic amines is 1. The monoisotopic (exact) mass is 249 g/mol. The highest BCUT2D eigenvalue weighted by molar-refractivity contribution is 6.67. The summed E-state index contributed by atoms with van der Waals surface area (Å²) in [6, 6.07) is 1.46. The predicted molar refractivity (Wildman–Crippen MR) is 54.1 cm³/mol. The summed E-state index contributed by atoms with van der Waals surface area (Å²) < 4.78 is 0. The molecular formula is C7H2Cl3N3O. The van der Waals surface area contributed by atoms with Crippen LogP contribution in [0, 0.1) is 0 Å². The Bertz CT molecular complexity index is 522. The lowest BCUT2D eigenvalue weighted by molar-refractivity contribution is 0.107. The van der Waals surface area contributed by atoms with Crippen LogP contribution in [0.3, 0.4) is 0 Å². The van der Waals surface area contributed by atoms with Crippen molar-refractivity contribution in [3.8, 4) is 0 Å². The van der Waals surface area contributed by atoms with E-state index < -0.39 is 5.24 Å². The van der Waals surface area contributed by atoms with Gasteiger partial charge in [0, 0.05) is 0 Å². The summed E-state index contributed by atoms with van der Waals surface area (Å²) in [5, 5.41) is -0.436. The molecule has 0 spiro atoms. The van der Waals surface area contributed by atoms with Crippen LogP contribution >= 0.6 is 34.8 Å². The van der Waals surface area contributed by atoms with Gasteiger partial charge >= 0.3 is 0 Å². The van der Waals surface area contributed by atoms with Crippen LogP contribution in [0.1, 0.15) is 10.5 Å². The molecule has 0 unspecified atom stereocenters. The van der Waals surface area contributed by atoms with Gasteiger partial charge in [-0.25, -0.2) is 9.97 Å². The van der Waals surface area contributed by atoms with Crippen molar-refractivity contribution in [1.29, 1.82) is 0 Å². The van der Waals surface area contributed by atoms with Crippen molar-refractivity contribution < 1.29 is 4.79 Å². The first kappa shape index (κ1) is 9.71. The summed E-state index contributed by atoms with van der Waals surface area (Å²) >= 11 is 16.6. The molecule has 2 aromatic heterocycles. The summed E-state index contributed by atoms with van der Waals surface area (Å²) in [6.07, 6.45) is 0. The van der Waals surface area contributed by atoms with E-state index in [4.69, 9.17) is 34.8 Å². The van der Waals surface area contributed by atoms with E-state index in [9.17, 15) is 4.79 Å². The number of fused-ring (bicyclic) bond motifs is 1. The maximum atomic E-state index is 10.8. The van der Waals surface area contributed by atoms with Crippen LogP contribution in [-0.4, -0.2) is 20.2 Å². The normalized spacial score (nSPS) is 10.8. The van der Waals surface area contributed by atoms with Gasteiger partial charge < -0.3 is 4.98 Å². The van der Waals surface area contributed by atoms with Gasteiger partial charge in [0.25, 0.3) is 5.24 Å². The van der Waals surface area contributed by atoms with Gasteiger partial charge in [0.15, 0.2) is 5.15 Å². The van der Waals surface area contributed by atoms with E-state index in [0.717, 1.165) is 0 Å². The molecule has 0 saturated carbocycles. The van der Waals surface area contributed by atoms with Gasteiger partial charge in [0.05, 0.1) is 5.52 Å². The number of hydrogen-bond donors (Lipinski definition) is 1. The Labute approximate surface area is 93.2 Å². The Balaban J connectivity index is 2.76. The third-order valence-electron chi connectivity index (χ3n) is 1.62. The van der Waals surface area contributed by atoms with Crippen LogP contribution < -0.4 is 0 Å². The van der Waals surface area contributed by atoms with Crippen LogP contribution in [0.2, 0.25) is 10.4 Å². The molecule has 2 heterocycles. The molecule has 0 radical (unpaired) electrons. The summed E-state index contributed by atoms with van der Waals surface area (Å²) in [5.41, 5.74) is 1.11. The highest BCUT2D eigenvalue weighted by Crippen LogP contribution is 2.22. The number of nitrogens with one attached hydrogen (secondary N) is 1. The van der Waals surface area contributed by atoms with Crippen molar-refractivity contribution in [2.45, 2.75) is 0 Å². The first-order chi connectivity index (χ1) is 6.58. The molecule has 0 atom stereocenters. The van der Waals surface area contributed by atoms with Gasteiger partial charge in [0.1, 0.15) is 11.2 Å². The molecule has 0 fully saturated rings. The van der Waals surface area contributed by atoms with Gasteiger partial charge in [0.2, 0.25) is 5.28 Å². The minimum atomic E-state index is -0.616. The lowest BCUT2D eigenvalue weighted by Crippen LogP contribution is -1.86. The predicted octanol–water partition coefficient (Wildman–Crippen LogP) is 2.64. The van der Waals surface area contributed by atoms with Gasteiger partial charge in [-0.05, 0) is 29.3 Å². The SMILES string of the molecule is O=C(Cl)c1cc2nc(Cl)nc(Cl)c2[nH]1. The maximum absolute atomic E-state index is 10.8. The fourth-order valence-corrected chi connectivity index (χ4v) is 1.60. The number of halogens is 3.